The average molecular weight is 249 g/mol. The van der Waals surface area contributed by atoms with Crippen LogP contribution in [0.3, 0.4) is 0 Å². The van der Waals surface area contributed by atoms with Gasteiger partial charge in [0.2, 0.25) is 5.91 Å². The van der Waals surface area contributed by atoms with E-state index in [9.17, 15) is 4.79 Å². The number of amides is 1. The zero-order chi connectivity index (χ0) is 13.2. The molecule has 0 aromatic carbocycles. The SMILES string of the molecule is CCCC(C)NC(=O)CNCCc1ccccn1. The second-order valence-electron chi connectivity index (χ2n) is 4.51. The van der Waals surface area contributed by atoms with Crippen molar-refractivity contribution in [2.75, 3.05) is 13.1 Å². The number of aromatic nitrogens is 1. The van der Waals surface area contributed by atoms with E-state index in [-0.39, 0.29) is 11.9 Å². The lowest BCUT2D eigenvalue weighted by Gasteiger charge is -2.12. The van der Waals surface area contributed by atoms with Crippen molar-refractivity contribution in [3.05, 3.63) is 30.1 Å². The normalized spacial score (nSPS) is 12.1. The van der Waals surface area contributed by atoms with Crippen molar-refractivity contribution in [2.45, 2.75) is 39.2 Å². The van der Waals surface area contributed by atoms with Crippen LogP contribution in [0.5, 0.6) is 0 Å². The van der Waals surface area contributed by atoms with Crippen LogP contribution in [0.2, 0.25) is 0 Å². The average Bonchev–Trinajstić information content (AvgIpc) is 2.36. The van der Waals surface area contributed by atoms with Gasteiger partial charge in [-0.25, -0.2) is 0 Å². The summed E-state index contributed by atoms with van der Waals surface area (Å²) in [7, 11) is 0. The van der Waals surface area contributed by atoms with Crippen molar-refractivity contribution in [3.63, 3.8) is 0 Å². The van der Waals surface area contributed by atoms with E-state index in [2.05, 4.69) is 22.5 Å². The van der Waals surface area contributed by atoms with Gasteiger partial charge in [-0.15, -0.1) is 0 Å². The van der Waals surface area contributed by atoms with Crippen LogP contribution in [-0.4, -0.2) is 30.0 Å². The zero-order valence-corrected chi connectivity index (χ0v) is 11.3. The van der Waals surface area contributed by atoms with Gasteiger partial charge in [0.1, 0.15) is 0 Å². The van der Waals surface area contributed by atoms with E-state index in [0.29, 0.717) is 6.54 Å². The Labute approximate surface area is 109 Å². The third-order valence-corrected chi connectivity index (χ3v) is 2.70. The van der Waals surface area contributed by atoms with Gasteiger partial charge in [-0.2, -0.15) is 0 Å². The summed E-state index contributed by atoms with van der Waals surface area (Å²) in [5.41, 5.74) is 1.05. The second kappa shape index (κ2) is 8.64. The fourth-order valence-electron chi connectivity index (χ4n) is 1.80. The summed E-state index contributed by atoms with van der Waals surface area (Å²) in [4.78, 5) is 15.8. The third-order valence-electron chi connectivity index (χ3n) is 2.70. The Balaban J connectivity index is 2.09. The minimum absolute atomic E-state index is 0.0666. The summed E-state index contributed by atoms with van der Waals surface area (Å²) >= 11 is 0. The molecule has 1 aromatic rings. The maximum Gasteiger partial charge on any atom is 0.234 e. The molecule has 1 rings (SSSR count). The Morgan fingerprint density at radius 2 is 2.28 bits per heavy atom. The molecule has 0 saturated carbocycles. The largest absolute Gasteiger partial charge is 0.353 e. The molecular weight excluding hydrogens is 226 g/mol. The molecule has 18 heavy (non-hydrogen) atoms. The van der Waals surface area contributed by atoms with Crippen LogP contribution in [0.4, 0.5) is 0 Å². The van der Waals surface area contributed by atoms with E-state index in [4.69, 9.17) is 0 Å². The number of pyridine rings is 1. The number of rotatable bonds is 8. The molecule has 4 heteroatoms. The first-order chi connectivity index (χ1) is 8.72. The Hall–Kier alpha value is -1.42. The van der Waals surface area contributed by atoms with Gasteiger partial charge in [0, 0.05) is 30.9 Å². The van der Waals surface area contributed by atoms with Crippen LogP contribution >= 0.6 is 0 Å². The highest BCUT2D eigenvalue weighted by molar-refractivity contribution is 5.78. The van der Waals surface area contributed by atoms with Gasteiger partial charge in [-0.05, 0) is 25.5 Å². The molecule has 1 amide bonds. The molecule has 0 radical (unpaired) electrons. The van der Waals surface area contributed by atoms with Crippen molar-refractivity contribution in [1.82, 2.24) is 15.6 Å². The van der Waals surface area contributed by atoms with Crippen LogP contribution in [0.25, 0.3) is 0 Å². The standard InChI is InChI=1S/C14H23N3O/c1-3-6-12(2)17-14(18)11-15-10-8-13-7-4-5-9-16-13/h4-5,7,9,12,15H,3,6,8,10-11H2,1-2H3,(H,17,18). The fraction of sp³-hybridized carbons (Fsp3) is 0.571. The maximum absolute atomic E-state index is 11.6. The molecular formula is C14H23N3O. The number of carbonyl (C=O) groups excluding carboxylic acids is 1. The van der Waals surface area contributed by atoms with Crippen LogP contribution in [0.1, 0.15) is 32.4 Å². The van der Waals surface area contributed by atoms with Gasteiger partial charge in [0.05, 0.1) is 6.54 Å². The van der Waals surface area contributed by atoms with Crippen molar-refractivity contribution < 1.29 is 4.79 Å². The van der Waals surface area contributed by atoms with E-state index in [1.165, 1.54) is 0 Å². The molecule has 0 spiro atoms. The first-order valence-electron chi connectivity index (χ1n) is 6.62. The lowest BCUT2D eigenvalue weighted by Crippen LogP contribution is -2.39. The smallest absolute Gasteiger partial charge is 0.234 e. The molecule has 0 aliphatic heterocycles. The number of nitrogens with one attached hydrogen (secondary N) is 2. The molecule has 0 fully saturated rings. The van der Waals surface area contributed by atoms with Crippen molar-refractivity contribution in [3.8, 4) is 0 Å². The molecule has 1 atom stereocenters. The maximum atomic E-state index is 11.6. The van der Waals surface area contributed by atoms with E-state index < -0.39 is 0 Å². The van der Waals surface area contributed by atoms with E-state index in [1.54, 1.807) is 6.20 Å². The summed E-state index contributed by atoms with van der Waals surface area (Å²) < 4.78 is 0. The van der Waals surface area contributed by atoms with Gasteiger partial charge in [0.25, 0.3) is 0 Å². The van der Waals surface area contributed by atoms with E-state index in [0.717, 1.165) is 31.5 Å². The summed E-state index contributed by atoms with van der Waals surface area (Å²) in [6, 6.07) is 6.13. The highest BCUT2D eigenvalue weighted by Crippen LogP contribution is 1.94. The van der Waals surface area contributed by atoms with Gasteiger partial charge >= 0.3 is 0 Å². The molecule has 0 saturated heterocycles. The Kier molecular flexibility index (Phi) is 7.03. The Morgan fingerprint density at radius 1 is 1.44 bits per heavy atom. The topological polar surface area (TPSA) is 54.0 Å². The van der Waals surface area contributed by atoms with Crippen molar-refractivity contribution in [2.24, 2.45) is 0 Å². The predicted octanol–water partition coefficient (Wildman–Crippen LogP) is 1.52. The fourth-order valence-corrected chi connectivity index (χ4v) is 1.80. The summed E-state index contributed by atoms with van der Waals surface area (Å²) in [6.07, 6.45) is 4.75. The van der Waals surface area contributed by atoms with Crippen LogP contribution in [-0.2, 0) is 11.2 Å². The number of hydrogen-bond acceptors (Lipinski definition) is 3. The van der Waals surface area contributed by atoms with Crippen LogP contribution < -0.4 is 10.6 Å². The highest BCUT2D eigenvalue weighted by atomic mass is 16.1. The summed E-state index contributed by atoms with van der Waals surface area (Å²) in [6.45, 7) is 5.30. The monoisotopic (exact) mass is 249 g/mol. The molecule has 2 N–H and O–H groups in total. The van der Waals surface area contributed by atoms with Crippen LogP contribution in [0.15, 0.2) is 24.4 Å². The van der Waals surface area contributed by atoms with Crippen LogP contribution in [0, 0.1) is 0 Å². The lowest BCUT2D eigenvalue weighted by atomic mass is 10.2. The van der Waals surface area contributed by atoms with Crippen molar-refractivity contribution in [1.29, 1.82) is 0 Å². The lowest BCUT2D eigenvalue weighted by molar-refractivity contribution is -0.120. The van der Waals surface area contributed by atoms with Gasteiger partial charge in [-0.3, -0.25) is 9.78 Å². The Morgan fingerprint density at radius 3 is 2.94 bits per heavy atom. The van der Waals surface area contributed by atoms with Crippen molar-refractivity contribution >= 4 is 5.91 Å². The van der Waals surface area contributed by atoms with E-state index in [1.807, 2.05) is 25.1 Å². The predicted molar refractivity (Wildman–Crippen MR) is 73.3 cm³/mol. The summed E-state index contributed by atoms with van der Waals surface area (Å²) in [5, 5.41) is 6.09. The first-order valence-corrected chi connectivity index (χ1v) is 6.62. The second-order valence-corrected chi connectivity index (χ2v) is 4.51. The summed E-state index contributed by atoms with van der Waals surface area (Å²) in [5.74, 6) is 0.0666. The Bertz CT molecular complexity index is 340. The zero-order valence-electron chi connectivity index (χ0n) is 11.3. The molecule has 0 aliphatic rings. The number of carbonyl (C=O) groups is 1. The number of hydrogen-bond donors (Lipinski definition) is 2. The van der Waals surface area contributed by atoms with Gasteiger partial charge in [-0.1, -0.05) is 19.4 Å². The third kappa shape index (κ3) is 6.35. The van der Waals surface area contributed by atoms with Gasteiger partial charge in [0.15, 0.2) is 0 Å². The quantitative estimate of drug-likeness (QED) is 0.687. The van der Waals surface area contributed by atoms with Gasteiger partial charge < -0.3 is 10.6 Å². The molecule has 4 nitrogen and oxygen atoms in total. The van der Waals surface area contributed by atoms with E-state index >= 15 is 0 Å². The first kappa shape index (κ1) is 14.6. The molecule has 0 bridgehead atoms. The highest BCUT2D eigenvalue weighted by Gasteiger charge is 2.05. The minimum Gasteiger partial charge on any atom is -0.353 e. The molecule has 1 aromatic heterocycles. The molecule has 100 valence electrons. The minimum atomic E-state index is 0.0666. The molecule has 0 aliphatic carbocycles. The number of nitrogens with zero attached hydrogens (tertiary/aromatic N) is 1. The molecule has 1 unspecified atom stereocenters. The molecule has 1 heterocycles.